The van der Waals surface area contributed by atoms with Gasteiger partial charge in [-0.25, -0.2) is 0 Å². The van der Waals surface area contributed by atoms with Crippen LogP contribution in [0.4, 0.5) is 0 Å². The van der Waals surface area contributed by atoms with Gasteiger partial charge in [0.15, 0.2) is 0 Å². The molecular formula is C19H31NO. The molecule has 118 valence electrons. The Hall–Kier alpha value is -1.31. The third-order valence-corrected chi connectivity index (χ3v) is 3.82. The smallest absolute Gasteiger partial charge is 0.220 e. The number of carbonyl (C=O) groups is 1. The molecule has 2 heteroatoms. The number of nitrogens with one attached hydrogen (secondary N) is 1. The molecule has 0 bridgehead atoms. The molecule has 1 aromatic rings. The van der Waals surface area contributed by atoms with Gasteiger partial charge in [-0.15, -0.1) is 0 Å². The van der Waals surface area contributed by atoms with E-state index < -0.39 is 0 Å². The van der Waals surface area contributed by atoms with Crippen LogP contribution < -0.4 is 5.32 Å². The van der Waals surface area contributed by atoms with Crippen molar-refractivity contribution < 1.29 is 4.79 Å². The molecule has 1 N–H and O–H groups in total. The zero-order chi connectivity index (χ0) is 15.7. The summed E-state index contributed by atoms with van der Waals surface area (Å²) in [6.45, 7) is 9.48. The van der Waals surface area contributed by atoms with Crippen molar-refractivity contribution in [3.05, 3.63) is 35.4 Å². The van der Waals surface area contributed by atoms with Crippen LogP contribution in [0.2, 0.25) is 0 Å². The van der Waals surface area contributed by atoms with Crippen molar-refractivity contribution >= 4 is 5.91 Å². The molecule has 0 aliphatic heterocycles. The quantitative estimate of drug-likeness (QED) is 0.673. The Morgan fingerprint density at radius 3 is 2.19 bits per heavy atom. The average Bonchev–Trinajstić information content (AvgIpc) is 2.44. The van der Waals surface area contributed by atoms with Gasteiger partial charge in [-0.2, -0.15) is 0 Å². The van der Waals surface area contributed by atoms with Gasteiger partial charge in [-0.1, -0.05) is 77.6 Å². The van der Waals surface area contributed by atoms with E-state index in [9.17, 15) is 4.79 Å². The lowest BCUT2D eigenvalue weighted by Gasteiger charge is -2.19. The van der Waals surface area contributed by atoms with Gasteiger partial charge in [0.1, 0.15) is 0 Å². The molecule has 2 nitrogen and oxygen atoms in total. The summed E-state index contributed by atoms with van der Waals surface area (Å²) in [5.41, 5.74) is 2.68. The number of benzene rings is 1. The molecule has 0 aliphatic rings. The van der Waals surface area contributed by atoms with Crippen LogP contribution in [-0.4, -0.2) is 5.91 Å². The normalized spacial score (nSPS) is 11.4. The van der Waals surface area contributed by atoms with Crippen LogP contribution in [-0.2, 0) is 16.8 Å². The zero-order valence-corrected chi connectivity index (χ0v) is 14.2. The minimum absolute atomic E-state index is 0.173. The van der Waals surface area contributed by atoms with E-state index in [-0.39, 0.29) is 11.3 Å². The van der Waals surface area contributed by atoms with Crippen molar-refractivity contribution in [1.82, 2.24) is 5.32 Å². The van der Waals surface area contributed by atoms with E-state index in [1.54, 1.807) is 0 Å². The molecule has 21 heavy (non-hydrogen) atoms. The van der Waals surface area contributed by atoms with Crippen molar-refractivity contribution in [2.45, 2.75) is 78.2 Å². The maximum Gasteiger partial charge on any atom is 0.220 e. The molecule has 0 fully saturated rings. The van der Waals surface area contributed by atoms with Crippen molar-refractivity contribution in [3.63, 3.8) is 0 Å². The van der Waals surface area contributed by atoms with Crippen molar-refractivity contribution in [1.29, 1.82) is 0 Å². The fourth-order valence-corrected chi connectivity index (χ4v) is 2.30. The lowest BCUT2D eigenvalue weighted by molar-refractivity contribution is -0.121. The molecular weight excluding hydrogens is 258 g/mol. The topological polar surface area (TPSA) is 29.1 Å². The van der Waals surface area contributed by atoms with Crippen LogP contribution >= 0.6 is 0 Å². The highest BCUT2D eigenvalue weighted by Gasteiger charge is 2.12. The van der Waals surface area contributed by atoms with Crippen LogP contribution in [0.5, 0.6) is 0 Å². The van der Waals surface area contributed by atoms with Crippen LogP contribution in [0.1, 0.15) is 77.3 Å². The molecule has 0 heterocycles. The minimum Gasteiger partial charge on any atom is -0.352 e. The number of amides is 1. The largest absolute Gasteiger partial charge is 0.352 e. The van der Waals surface area contributed by atoms with Gasteiger partial charge in [0.2, 0.25) is 5.91 Å². The maximum absolute atomic E-state index is 11.8. The Morgan fingerprint density at radius 1 is 1.00 bits per heavy atom. The van der Waals surface area contributed by atoms with Crippen LogP contribution in [0.25, 0.3) is 0 Å². The third kappa shape index (κ3) is 7.31. The number of hydrogen-bond donors (Lipinski definition) is 1. The number of hydrogen-bond acceptors (Lipinski definition) is 1. The summed E-state index contributed by atoms with van der Waals surface area (Å²) in [7, 11) is 0. The van der Waals surface area contributed by atoms with E-state index in [1.807, 2.05) is 0 Å². The summed E-state index contributed by atoms with van der Waals surface area (Å²) in [5, 5.41) is 3.01. The Kier molecular flexibility index (Phi) is 7.49. The van der Waals surface area contributed by atoms with Crippen molar-refractivity contribution in [2.75, 3.05) is 0 Å². The predicted molar refractivity (Wildman–Crippen MR) is 90.4 cm³/mol. The molecule has 0 unspecified atom stereocenters. The number of unbranched alkanes of at least 4 members (excludes halogenated alkanes) is 4. The Balaban J connectivity index is 2.27. The van der Waals surface area contributed by atoms with E-state index in [2.05, 4.69) is 57.3 Å². The fourth-order valence-electron chi connectivity index (χ4n) is 2.30. The van der Waals surface area contributed by atoms with Crippen molar-refractivity contribution in [3.8, 4) is 0 Å². The second-order valence-corrected chi connectivity index (χ2v) is 6.89. The average molecular weight is 289 g/mol. The van der Waals surface area contributed by atoms with Crippen LogP contribution in [0, 0.1) is 0 Å². The Morgan fingerprint density at radius 2 is 1.62 bits per heavy atom. The van der Waals surface area contributed by atoms with Gasteiger partial charge >= 0.3 is 0 Å². The van der Waals surface area contributed by atoms with Crippen LogP contribution in [0.15, 0.2) is 24.3 Å². The first kappa shape index (κ1) is 17.7. The fraction of sp³-hybridized carbons (Fsp3) is 0.632. The summed E-state index contributed by atoms with van der Waals surface area (Å²) >= 11 is 0. The lowest BCUT2D eigenvalue weighted by Crippen LogP contribution is -2.22. The van der Waals surface area contributed by atoms with Gasteiger partial charge < -0.3 is 5.32 Å². The highest BCUT2D eigenvalue weighted by Crippen LogP contribution is 2.22. The van der Waals surface area contributed by atoms with Crippen molar-refractivity contribution in [2.24, 2.45) is 0 Å². The molecule has 1 amide bonds. The minimum atomic E-state index is 0.173. The van der Waals surface area contributed by atoms with Gasteiger partial charge in [0, 0.05) is 13.0 Å². The highest BCUT2D eigenvalue weighted by atomic mass is 16.1. The first-order chi connectivity index (χ1) is 9.93. The van der Waals surface area contributed by atoms with E-state index in [1.165, 1.54) is 36.8 Å². The standard InChI is InChI=1S/C19H31NO/c1-5-6-7-8-9-10-18(21)20-15-16-11-13-17(14-12-16)19(2,3)4/h11-14H,5-10,15H2,1-4H3,(H,20,21). The first-order valence-corrected chi connectivity index (χ1v) is 8.29. The van der Waals surface area contributed by atoms with Gasteiger partial charge in [-0.05, 0) is 23.0 Å². The second kappa shape index (κ2) is 8.86. The van der Waals surface area contributed by atoms with E-state index in [4.69, 9.17) is 0 Å². The predicted octanol–water partition coefficient (Wildman–Crippen LogP) is 4.96. The first-order valence-electron chi connectivity index (χ1n) is 8.29. The van der Waals surface area contributed by atoms with E-state index in [0.29, 0.717) is 13.0 Å². The second-order valence-electron chi connectivity index (χ2n) is 6.89. The number of carbonyl (C=O) groups excluding carboxylic acids is 1. The molecule has 0 aliphatic carbocycles. The number of rotatable bonds is 8. The molecule has 1 aromatic carbocycles. The summed E-state index contributed by atoms with van der Waals surface area (Å²) in [6.07, 6.45) is 6.61. The lowest BCUT2D eigenvalue weighted by atomic mass is 9.87. The summed E-state index contributed by atoms with van der Waals surface area (Å²) in [5.74, 6) is 0.173. The SMILES string of the molecule is CCCCCCCC(=O)NCc1ccc(C(C)(C)C)cc1. The molecule has 0 saturated carbocycles. The summed E-state index contributed by atoms with van der Waals surface area (Å²) in [6, 6.07) is 8.54. The highest BCUT2D eigenvalue weighted by molar-refractivity contribution is 5.75. The van der Waals surface area contributed by atoms with Gasteiger partial charge in [-0.3, -0.25) is 4.79 Å². The monoisotopic (exact) mass is 289 g/mol. The third-order valence-electron chi connectivity index (χ3n) is 3.82. The Bertz CT molecular complexity index is 414. The molecule has 1 rings (SSSR count). The van der Waals surface area contributed by atoms with Gasteiger partial charge in [0.25, 0.3) is 0 Å². The molecule has 0 saturated heterocycles. The van der Waals surface area contributed by atoms with Gasteiger partial charge in [0.05, 0.1) is 0 Å². The molecule has 0 spiro atoms. The Labute approximate surface area is 130 Å². The van der Waals surface area contributed by atoms with Crippen LogP contribution in [0.3, 0.4) is 0 Å². The molecule has 0 atom stereocenters. The zero-order valence-electron chi connectivity index (χ0n) is 14.2. The summed E-state index contributed by atoms with van der Waals surface area (Å²) < 4.78 is 0. The molecule has 0 aromatic heterocycles. The summed E-state index contributed by atoms with van der Waals surface area (Å²) in [4.78, 5) is 11.8. The van der Waals surface area contributed by atoms with E-state index in [0.717, 1.165) is 6.42 Å². The maximum atomic E-state index is 11.8. The molecule has 0 radical (unpaired) electrons. The van der Waals surface area contributed by atoms with E-state index >= 15 is 0 Å².